The van der Waals surface area contributed by atoms with Gasteiger partial charge in [0.1, 0.15) is 0 Å². The third-order valence-electron chi connectivity index (χ3n) is 1.91. The van der Waals surface area contributed by atoms with Crippen LogP contribution in [0.2, 0.25) is 0 Å². The summed E-state index contributed by atoms with van der Waals surface area (Å²) in [6.45, 7) is 4.75. The van der Waals surface area contributed by atoms with E-state index in [9.17, 15) is 0 Å². The van der Waals surface area contributed by atoms with Crippen molar-refractivity contribution >= 4 is 8.58 Å². The van der Waals surface area contributed by atoms with Crippen LogP contribution in [0.25, 0.3) is 0 Å². The normalized spacial score (nSPS) is 42.8. The van der Waals surface area contributed by atoms with Crippen molar-refractivity contribution in [2.24, 2.45) is 5.92 Å². The summed E-state index contributed by atoms with van der Waals surface area (Å²) in [5.41, 5.74) is 1.05. The van der Waals surface area contributed by atoms with E-state index in [1.165, 1.54) is 27.6 Å². The van der Waals surface area contributed by atoms with Gasteiger partial charge in [0.05, 0.1) is 0 Å². The predicted octanol–water partition coefficient (Wildman–Crippen LogP) is 2.48. The molecule has 3 atom stereocenters. The summed E-state index contributed by atoms with van der Waals surface area (Å²) in [5, 5.41) is 0. The van der Waals surface area contributed by atoms with Gasteiger partial charge < -0.3 is 0 Å². The van der Waals surface area contributed by atoms with E-state index in [1.54, 1.807) is 0 Å². The molecular weight excluding hydrogens is 115 g/mol. The van der Waals surface area contributed by atoms with Crippen molar-refractivity contribution in [3.63, 3.8) is 0 Å². The maximum atomic E-state index is 2.38. The molecule has 0 radical (unpaired) electrons. The fraction of sp³-hybridized carbons (Fsp3) is 1.00. The lowest BCUT2D eigenvalue weighted by Crippen LogP contribution is -2.10. The first-order chi connectivity index (χ1) is 3.79. The Morgan fingerprint density at radius 2 is 2.00 bits per heavy atom. The summed E-state index contributed by atoms with van der Waals surface area (Å²) in [7, 11) is 1.26. The van der Waals surface area contributed by atoms with Gasteiger partial charge in [-0.25, -0.2) is 0 Å². The quantitative estimate of drug-likeness (QED) is 0.442. The first kappa shape index (κ1) is 6.55. The van der Waals surface area contributed by atoms with Crippen molar-refractivity contribution in [1.82, 2.24) is 0 Å². The molecule has 0 bridgehead atoms. The molecule has 0 aromatic rings. The van der Waals surface area contributed by atoms with Gasteiger partial charge >= 0.3 is 0 Å². The van der Waals surface area contributed by atoms with E-state index in [2.05, 4.69) is 13.8 Å². The smallest absolute Gasteiger partial charge is 0.0265 e. The van der Waals surface area contributed by atoms with E-state index in [-0.39, 0.29) is 0 Å². The molecule has 1 saturated heterocycles. The van der Waals surface area contributed by atoms with Gasteiger partial charge in [-0.05, 0) is 30.6 Å². The fourth-order valence-electron chi connectivity index (χ4n) is 1.14. The van der Waals surface area contributed by atoms with Crippen LogP contribution in [0.3, 0.4) is 0 Å². The standard InChI is InChI=1S/C7H15P/c1-6-3-4-7(2)8-5-6/h6-8H,3-5H2,1-2H3. The van der Waals surface area contributed by atoms with Crippen molar-refractivity contribution in [2.75, 3.05) is 6.16 Å². The molecule has 0 spiro atoms. The molecule has 1 heteroatoms. The molecule has 0 aliphatic carbocycles. The Hall–Kier alpha value is 0.430. The summed E-state index contributed by atoms with van der Waals surface area (Å²) in [4.78, 5) is 0. The highest BCUT2D eigenvalue weighted by Gasteiger charge is 2.12. The van der Waals surface area contributed by atoms with Crippen LogP contribution in [-0.2, 0) is 0 Å². The summed E-state index contributed by atoms with van der Waals surface area (Å²) >= 11 is 0. The Balaban J connectivity index is 2.19. The van der Waals surface area contributed by atoms with Crippen molar-refractivity contribution in [3.05, 3.63) is 0 Å². The van der Waals surface area contributed by atoms with Gasteiger partial charge in [0, 0.05) is 0 Å². The second kappa shape index (κ2) is 2.82. The highest BCUT2D eigenvalue weighted by molar-refractivity contribution is 7.38. The van der Waals surface area contributed by atoms with E-state index in [0.29, 0.717) is 0 Å². The molecule has 0 amide bonds. The Bertz CT molecular complexity index is 52.8. The molecule has 1 heterocycles. The lowest BCUT2D eigenvalue weighted by Gasteiger charge is -2.22. The van der Waals surface area contributed by atoms with Gasteiger partial charge in [-0.2, -0.15) is 0 Å². The van der Waals surface area contributed by atoms with Crippen LogP contribution in [0.5, 0.6) is 0 Å². The second-order valence-corrected chi connectivity index (χ2v) is 4.79. The average Bonchev–Trinajstić information content (AvgIpc) is 1.77. The second-order valence-electron chi connectivity index (χ2n) is 2.99. The average molecular weight is 130 g/mol. The SMILES string of the molecule is CC1CCC(C)PC1. The van der Waals surface area contributed by atoms with Gasteiger partial charge in [-0.15, -0.1) is 8.58 Å². The van der Waals surface area contributed by atoms with Gasteiger partial charge in [0.2, 0.25) is 0 Å². The van der Waals surface area contributed by atoms with Crippen LogP contribution in [-0.4, -0.2) is 11.8 Å². The topological polar surface area (TPSA) is 0 Å². The third kappa shape index (κ3) is 1.74. The zero-order chi connectivity index (χ0) is 5.98. The lowest BCUT2D eigenvalue weighted by molar-refractivity contribution is 0.537. The number of rotatable bonds is 0. The van der Waals surface area contributed by atoms with Crippen LogP contribution in [0.1, 0.15) is 26.7 Å². The monoisotopic (exact) mass is 130 g/mol. The van der Waals surface area contributed by atoms with Gasteiger partial charge in [0.15, 0.2) is 0 Å². The van der Waals surface area contributed by atoms with Crippen molar-refractivity contribution in [1.29, 1.82) is 0 Å². The molecule has 1 aliphatic heterocycles. The Morgan fingerprint density at radius 3 is 2.38 bits per heavy atom. The zero-order valence-corrected chi connectivity index (χ0v) is 6.78. The molecule has 1 rings (SSSR count). The Kier molecular flexibility index (Phi) is 2.31. The van der Waals surface area contributed by atoms with Crippen LogP contribution in [0.4, 0.5) is 0 Å². The lowest BCUT2D eigenvalue weighted by atomic mass is 10.1. The van der Waals surface area contributed by atoms with Crippen molar-refractivity contribution < 1.29 is 0 Å². The largest absolute Gasteiger partial charge is 0.119 e. The van der Waals surface area contributed by atoms with E-state index < -0.39 is 0 Å². The summed E-state index contributed by atoms with van der Waals surface area (Å²) in [6, 6.07) is 0. The highest BCUT2D eigenvalue weighted by Crippen LogP contribution is 2.33. The Morgan fingerprint density at radius 1 is 1.25 bits per heavy atom. The van der Waals surface area contributed by atoms with Crippen molar-refractivity contribution in [2.45, 2.75) is 32.3 Å². The van der Waals surface area contributed by atoms with E-state index in [4.69, 9.17) is 0 Å². The molecule has 48 valence electrons. The summed E-state index contributed by atoms with van der Waals surface area (Å²) in [6.07, 6.45) is 4.47. The molecule has 0 nitrogen and oxygen atoms in total. The summed E-state index contributed by atoms with van der Waals surface area (Å²) in [5.74, 6) is 1.03. The minimum Gasteiger partial charge on any atom is -0.119 e. The van der Waals surface area contributed by atoms with Gasteiger partial charge in [-0.1, -0.05) is 13.8 Å². The van der Waals surface area contributed by atoms with E-state index in [1.807, 2.05) is 0 Å². The molecule has 0 aromatic heterocycles. The molecule has 0 aromatic carbocycles. The number of hydrogen-bond donors (Lipinski definition) is 0. The number of hydrogen-bond acceptors (Lipinski definition) is 0. The van der Waals surface area contributed by atoms with Crippen LogP contribution >= 0.6 is 8.58 Å². The first-order valence-electron chi connectivity index (χ1n) is 3.52. The van der Waals surface area contributed by atoms with Crippen LogP contribution in [0, 0.1) is 5.92 Å². The van der Waals surface area contributed by atoms with Crippen molar-refractivity contribution in [3.8, 4) is 0 Å². The van der Waals surface area contributed by atoms with E-state index in [0.717, 1.165) is 11.6 Å². The highest BCUT2D eigenvalue weighted by atomic mass is 31.1. The zero-order valence-electron chi connectivity index (χ0n) is 5.78. The molecule has 0 saturated carbocycles. The maximum absolute atomic E-state index is 2.38. The fourth-order valence-corrected chi connectivity index (χ4v) is 2.52. The third-order valence-corrected chi connectivity index (χ3v) is 3.83. The minimum absolute atomic E-state index is 1.03. The van der Waals surface area contributed by atoms with Crippen LogP contribution in [0.15, 0.2) is 0 Å². The van der Waals surface area contributed by atoms with Crippen LogP contribution < -0.4 is 0 Å². The van der Waals surface area contributed by atoms with Gasteiger partial charge in [-0.3, -0.25) is 0 Å². The minimum atomic E-state index is 1.03. The maximum Gasteiger partial charge on any atom is -0.0265 e. The van der Waals surface area contributed by atoms with E-state index >= 15 is 0 Å². The molecule has 1 fully saturated rings. The molecular formula is C7H15P. The molecule has 8 heavy (non-hydrogen) atoms. The first-order valence-corrected chi connectivity index (χ1v) is 4.81. The molecule has 1 aliphatic rings. The summed E-state index contributed by atoms with van der Waals surface area (Å²) < 4.78 is 0. The molecule has 3 unspecified atom stereocenters. The Labute approximate surface area is 53.8 Å². The van der Waals surface area contributed by atoms with Gasteiger partial charge in [0.25, 0.3) is 0 Å². The molecule has 0 N–H and O–H groups in total. The predicted molar refractivity (Wildman–Crippen MR) is 41.0 cm³/mol.